The lowest BCUT2D eigenvalue weighted by Gasteiger charge is -2.26. The third kappa shape index (κ3) is 9.56. The molecule has 9 rings (SSSR count). The van der Waals surface area contributed by atoms with Crippen LogP contribution in [0.4, 0.5) is 0 Å². The van der Waals surface area contributed by atoms with E-state index in [9.17, 15) is 0 Å². The maximum atomic E-state index is 3.93. The first-order valence-electron chi connectivity index (χ1n) is 23.9. The summed E-state index contributed by atoms with van der Waals surface area (Å²) < 4.78 is 0. The first-order valence-corrected chi connectivity index (χ1v) is 23.9. The van der Waals surface area contributed by atoms with Crippen molar-refractivity contribution in [3.05, 3.63) is 234 Å². The standard InChI is InChI=1S/C64H64N4/c1-61(2,3)45-35-43(36-46(39-45)62(4,5)6)59-55-31-27-51(65-55)49(25-23-41-19-15-13-16-20-41)53-29-33-57(67-53)60(44-37-47(63(7,8)9)40-48(38-44)64(10,11)12)58-34-30-54(68-58)50(52-28-32-56(59)66-52)26-24-42-21-17-14-18-22-42/h13-22,27-40,65-68H,1-12H3. The van der Waals surface area contributed by atoms with Gasteiger partial charge in [-0.15, -0.1) is 0 Å². The fraction of sp³-hybridized carbons (Fsp3) is 0.250. The van der Waals surface area contributed by atoms with Gasteiger partial charge in [-0.2, -0.15) is 0 Å². The highest BCUT2D eigenvalue weighted by atomic mass is 14.8. The van der Waals surface area contributed by atoms with E-state index in [-0.39, 0.29) is 21.7 Å². The van der Waals surface area contributed by atoms with Crippen LogP contribution in [0.25, 0.3) is 22.3 Å². The topological polar surface area (TPSA) is 63.2 Å². The molecule has 1 aliphatic heterocycles. The van der Waals surface area contributed by atoms with Crippen LogP contribution < -0.4 is 21.4 Å². The third-order valence-corrected chi connectivity index (χ3v) is 13.0. The molecule has 0 aliphatic carbocycles. The highest BCUT2D eigenvalue weighted by Crippen LogP contribution is 2.36. The lowest BCUT2D eigenvalue weighted by Crippen LogP contribution is -2.20. The van der Waals surface area contributed by atoms with Gasteiger partial charge < -0.3 is 19.9 Å². The molecule has 0 spiro atoms. The quantitative estimate of drug-likeness (QED) is 0.125. The van der Waals surface area contributed by atoms with Gasteiger partial charge in [-0.1, -0.05) is 180 Å². The minimum absolute atomic E-state index is 0.0759. The SMILES string of the molecule is CC(C)(C)c1cc(C2=c3ccc([nH]3)=C(C#Cc3ccccc3)c3ccc([nH]3)C(c3cc(C(C)(C)C)cc(C(C)(C)C)c3)=c3ccc([nH]3)=C(C#Cc3ccccc3)c3ccc2[nH]3)cc(C(C)(C)C)c1. The van der Waals surface area contributed by atoms with Crippen LogP contribution in [0.3, 0.4) is 0 Å². The molecule has 4 nitrogen and oxygen atoms in total. The van der Waals surface area contributed by atoms with E-state index in [0.717, 1.165) is 88.7 Å². The van der Waals surface area contributed by atoms with Crippen molar-refractivity contribution in [3.63, 3.8) is 0 Å². The van der Waals surface area contributed by atoms with Gasteiger partial charge in [0.2, 0.25) is 0 Å². The summed E-state index contributed by atoms with van der Waals surface area (Å²) in [5.41, 5.74) is 16.7. The molecule has 8 aromatic rings. The van der Waals surface area contributed by atoms with Crippen molar-refractivity contribution in [1.82, 2.24) is 19.9 Å². The van der Waals surface area contributed by atoms with E-state index in [4.69, 9.17) is 0 Å². The largest absolute Gasteiger partial charge is 0.354 e. The molecule has 4 aromatic heterocycles. The zero-order chi connectivity index (χ0) is 48.2. The zero-order valence-electron chi connectivity index (χ0n) is 41.9. The molecule has 0 unspecified atom stereocenters. The fourth-order valence-electron chi connectivity index (χ4n) is 8.81. The number of rotatable bonds is 2. The van der Waals surface area contributed by atoms with Crippen molar-refractivity contribution >= 4 is 22.3 Å². The molecule has 340 valence electrons. The van der Waals surface area contributed by atoms with Crippen molar-refractivity contribution in [2.24, 2.45) is 0 Å². The van der Waals surface area contributed by atoms with E-state index >= 15 is 0 Å². The van der Waals surface area contributed by atoms with E-state index in [1.807, 2.05) is 36.4 Å². The Hall–Kier alpha value is -7.40. The molecule has 8 bridgehead atoms. The van der Waals surface area contributed by atoms with Crippen molar-refractivity contribution in [3.8, 4) is 23.7 Å². The first kappa shape index (κ1) is 45.7. The van der Waals surface area contributed by atoms with Crippen LogP contribution in [-0.4, -0.2) is 19.9 Å². The lowest BCUT2D eigenvalue weighted by molar-refractivity contribution is 0.567. The number of aromatic amines is 4. The maximum Gasteiger partial charge on any atom is 0.0719 e. The number of benzene rings is 4. The van der Waals surface area contributed by atoms with Gasteiger partial charge in [0.1, 0.15) is 0 Å². The number of aromatic nitrogens is 4. The summed E-state index contributed by atoms with van der Waals surface area (Å²) in [5.74, 6) is 14.3. The number of H-pyrrole nitrogens is 4. The van der Waals surface area contributed by atoms with Crippen molar-refractivity contribution in [2.45, 2.75) is 105 Å². The molecular formula is C64H64N4. The Balaban J connectivity index is 1.43. The van der Waals surface area contributed by atoms with E-state index in [0.29, 0.717) is 0 Å². The minimum atomic E-state index is -0.0759. The monoisotopic (exact) mass is 889 g/mol. The molecule has 4 aromatic carbocycles. The average Bonchev–Trinajstić information content (AvgIpc) is 4.14. The van der Waals surface area contributed by atoms with Crippen LogP contribution in [0.5, 0.6) is 0 Å². The predicted molar refractivity (Wildman–Crippen MR) is 284 cm³/mol. The normalized spacial score (nSPS) is 13.2. The highest BCUT2D eigenvalue weighted by molar-refractivity contribution is 5.85. The summed E-state index contributed by atoms with van der Waals surface area (Å²) in [6.45, 7) is 27.5. The van der Waals surface area contributed by atoms with E-state index in [1.54, 1.807) is 0 Å². The molecule has 0 atom stereocenters. The second-order valence-electron chi connectivity index (χ2n) is 22.5. The Labute approximate surface area is 403 Å². The minimum Gasteiger partial charge on any atom is -0.354 e. The fourth-order valence-corrected chi connectivity index (χ4v) is 8.81. The predicted octanol–water partition coefficient (Wildman–Crippen LogP) is 11.5. The second-order valence-corrected chi connectivity index (χ2v) is 22.5. The van der Waals surface area contributed by atoms with Gasteiger partial charge >= 0.3 is 0 Å². The molecule has 1 aliphatic rings. The molecule has 5 heterocycles. The third-order valence-electron chi connectivity index (χ3n) is 13.0. The number of hydrogen-bond acceptors (Lipinski definition) is 0. The Bertz CT molecular complexity index is 3280. The van der Waals surface area contributed by atoms with Gasteiger partial charge in [0, 0.05) is 44.4 Å². The van der Waals surface area contributed by atoms with Gasteiger partial charge in [0.15, 0.2) is 0 Å². The number of nitrogens with one attached hydrogen (secondary N) is 4. The molecule has 0 amide bonds. The van der Waals surface area contributed by atoms with E-state index < -0.39 is 0 Å². The Morgan fingerprint density at radius 3 is 0.926 bits per heavy atom. The lowest BCUT2D eigenvalue weighted by atomic mass is 9.78. The highest BCUT2D eigenvalue weighted by Gasteiger charge is 2.25. The van der Waals surface area contributed by atoms with Crippen molar-refractivity contribution in [1.29, 1.82) is 0 Å². The number of fused-ring (bicyclic) bond motifs is 8. The zero-order valence-corrected chi connectivity index (χ0v) is 41.9. The van der Waals surface area contributed by atoms with Crippen LogP contribution in [0.2, 0.25) is 0 Å². The summed E-state index contributed by atoms with van der Waals surface area (Å²) in [4.78, 5) is 15.7. The van der Waals surface area contributed by atoms with Crippen LogP contribution in [0.15, 0.2) is 146 Å². The molecule has 0 radical (unpaired) electrons. The van der Waals surface area contributed by atoms with Crippen molar-refractivity contribution < 1.29 is 0 Å². The molecule has 0 saturated carbocycles. The summed E-state index contributed by atoms with van der Waals surface area (Å²) in [5, 5.41) is 3.81. The van der Waals surface area contributed by atoms with Crippen LogP contribution in [-0.2, 0) is 21.7 Å². The van der Waals surface area contributed by atoms with Gasteiger partial charge in [0.25, 0.3) is 0 Å². The molecule has 0 fully saturated rings. The van der Waals surface area contributed by atoms with E-state index in [1.165, 1.54) is 22.3 Å². The first-order chi connectivity index (χ1) is 32.2. The molecule has 68 heavy (non-hydrogen) atoms. The number of hydrogen-bond donors (Lipinski definition) is 4. The van der Waals surface area contributed by atoms with Crippen molar-refractivity contribution in [2.75, 3.05) is 0 Å². The Kier molecular flexibility index (Phi) is 11.7. The smallest absolute Gasteiger partial charge is 0.0719 e. The van der Waals surface area contributed by atoms with Gasteiger partial charge in [-0.3, -0.25) is 0 Å². The van der Waals surface area contributed by atoms with E-state index in [2.05, 4.69) is 236 Å². The summed E-state index contributed by atoms with van der Waals surface area (Å²) in [6.07, 6.45) is 0. The van der Waals surface area contributed by atoms with Gasteiger partial charge in [0.05, 0.1) is 33.2 Å². The second kappa shape index (κ2) is 17.4. The molecular weight excluding hydrogens is 825 g/mol. The van der Waals surface area contributed by atoms with Crippen LogP contribution >= 0.6 is 0 Å². The Morgan fingerprint density at radius 1 is 0.294 bits per heavy atom. The average molecular weight is 889 g/mol. The molecule has 4 heteroatoms. The van der Waals surface area contributed by atoms with Gasteiger partial charge in [-0.05, 0) is 128 Å². The summed E-state index contributed by atoms with van der Waals surface area (Å²) in [6, 6.07) is 52.2. The summed E-state index contributed by atoms with van der Waals surface area (Å²) >= 11 is 0. The summed E-state index contributed by atoms with van der Waals surface area (Å²) in [7, 11) is 0. The molecule has 0 saturated heterocycles. The van der Waals surface area contributed by atoms with Crippen LogP contribution in [0, 0.1) is 23.7 Å². The maximum absolute atomic E-state index is 3.93. The Morgan fingerprint density at radius 2 is 0.603 bits per heavy atom. The van der Waals surface area contributed by atoms with Gasteiger partial charge in [-0.25, -0.2) is 0 Å². The molecule has 4 N–H and O–H groups in total. The van der Waals surface area contributed by atoms with Crippen LogP contribution in [0.1, 0.15) is 150 Å².